The predicted molar refractivity (Wildman–Crippen MR) is 75.0 cm³/mol. The van der Waals surface area contributed by atoms with Crippen molar-refractivity contribution in [3.63, 3.8) is 0 Å². The second-order valence-corrected chi connectivity index (χ2v) is 5.22. The molecule has 0 saturated carbocycles. The highest BCUT2D eigenvalue weighted by Crippen LogP contribution is 2.18. The second-order valence-electron chi connectivity index (χ2n) is 5.22. The number of rotatable bonds is 7. The van der Waals surface area contributed by atoms with Crippen LogP contribution in [0.2, 0.25) is 0 Å². The van der Waals surface area contributed by atoms with E-state index >= 15 is 0 Å². The normalized spacial score (nSPS) is 12.8. The minimum Gasteiger partial charge on any atom is -0.478 e. The fraction of sp³-hybridized carbons (Fsp3) is 0.533. The molecule has 5 heteroatoms. The van der Waals surface area contributed by atoms with Crippen molar-refractivity contribution in [1.29, 1.82) is 0 Å². The molecule has 1 aromatic rings. The number of benzene rings is 1. The molecule has 1 rings (SSSR count). The van der Waals surface area contributed by atoms with E-state index in [-0.39, 0.29) is 18.3 Å². The zero-order valence-corrected chi connectivity index (χ0v) is 12.1. The number of amides is 1. The predicted octanol–water partition coefficient (Wildman–Crippen LogP) is 2.26. The van der Waals surface area contributed by atoms with E-state index in [0.29, 0.717) is 12.2 Å². The number of aliphatic hydroxyl groups is 1. The van der Waals surface area contributed by atoms with Crippen LogP contribution in [0.1, 0.15) is 33.6 Å². The molecule has 0 aliphatic heterocycles. The smallest absolute Gasteiger partial charge is 0.263 e. The fourth-order valence-corrected chi connectivity index (χ4v) is 1.70. The number of hydrogen-bond acceptors (Lipinski definition) is 3. The Morgan fingerprint density at radius 1 is 1.40 bits per heavy atom. The average Bonchev–Trinajstić information content (AvgIpc) is 2.38. The highest BCUT2D eigenvalue weighted by molar-refractivity contribution is 5.84. The van der Waals surface area contributed by atoms with E-state index in [2.05, 4.69) is 5.32 Å². The van der Waals surface area contributed by atoms with Crippen LogP contribution in [-0.4, -0.2) is 29.3 Å². The second kappa shape index (κ2) is 7.24. The van der Waals surface area contributed by atoms with Crippen molar-refractivity contribution >= 4 is 5.91 Å². The Balaban J connectivity index is 2.54. The van der Waals surface area contributed by atoms with Gasteiger partial charge in [-0.15, -0.1) is 0 Å². The molecule has 0 aromatic heterocycles. The van der Waals surface area contributed by atoms with E-state index in [0.717, 1.165) is 6.42 Å². The number of carbonyl (C=O) groups excluding carboxylic acids is 1. The lowest BCUT2D eigenvalue weighted by Crippen LogP contribution is -2.48. The molecular formula is C15H22FNO3. The quantitative estimate of drug-likeness (QED) is 0.807. The highest BCUT2D eigenvalue weighted by Gasteiger charge is 2.30. The highest BCUT2D eigenvalue weighted by atomic mass is 19.1. The van der Waals surface area contributed by atoms with Crippen molar-refractivity contribution in [2.75, 3.05) is 6.54 Å². The van der Waals surface area contributed by atoms with E-state index in [1.165, 1.54) is 24.3 Å². The van der Waals surface area contributed by atoms with Crippen LogP contribution in [0.3, 0.4) is 0 Å². The maximum atomic E-state index is 12.8. The van der Waals surface area contributed by atoms with Gasteiger partial charge in [-0.25, -0.2) is 4.39 Å². The van der Waals surface area contributed by atoms with Gasteiger partial charge in [-0.3, -0.25) is 4.79 Å². The first-order chi connectivity index (χ1) is 9.35. The van der Waals surface area contributed by atoms with Crippen LogP contribution in [0.25, 0.3) is 0 Å². The summed E-state index contributed by atoms with van der Waals surface area (Å²) in [5, 5.41) is 12.2. The molecule has 0 aliphatic rings. The van der Waals surface area contributed by atoms with Gasteiger partial charge in [0.25, 0.3) is 5.91 Å². The Labute approximate surface area is 119 Å². The molecule has 0 radical (unpaired) electrons. The van der Waals surface area contributed by atoms with Gasteiger partial charge in [0.2, 0.25) is 0 Å². The Hall–Kier alpha value is -1.62. The number of aliphatic hydroxyl groups excluding tert-OH is 1. The summed E-state index contributed by atoms with van der Waals surface area (Å²) in [5.41, 5.74) is -1.09. The van der Waals surface area contributed by atoms with Gasteiger partial charge in [0, 0.05) is 6.54 Å². The van der Waals surface area contributed by atoms with E-state index in [4.69, 9.17) is 4.74 Å². The van der Waals surface area contributed by atoms with Crippen LogP contribution >= 0.6 is 0 Å². The molecule has 0 heterocycles. The molecule has 20 heavy (non-hydrogen) atoms. The topological polar surface area (TPSA) is 58.6 Å². The van der Waals surface area contributed by atoms with Gasteiger partial charge in [0.05, 0.1) is 6.10 Å². The lowest BCUT2D eigenvalue weighted by atomic mass is 10.1. The number of nitrogens with one attached hydrogen (secondary N) is 1. The molecule has 1 aromatic carbocycles. The molecule has 0 aliphatic carbocycles. The van der Waals surface area contributed by atoms with E-state index < -0.39 is 11.7 Å². The van der Waals surface area contributed by atoms with Crippen molar-refractivity contribution in [2.24, 2.45) is 0 Å². The summed E-state index contributed by atoms with van der Waals surface area (Å²) in [6.45, 7) is 5.41. The first kappa shape index (κ1) is 16.4. The van der Waals surface area contributed by atoms with Crippen LogP contribution < -0.4 is 10.1 Å². The van der Waals surface area contributed by atoms with Crippen LogP contribution in [0.4, 0.5) is 4.39 Å². The van der Waals surface area contributed by atoms with Crippen molar-refractivity contribution in [1.82, 2.24) is 5.32 Å². The third-order valence-corrected chi connectivity index (χ3v) is 2.85. The summed E-state index contributed by atoms with van der Waals surface area (Å²) in [7, 11) is 0. The van der Waals surface area contributed by atoms with Gasteiger partial charge in [-0.05, 0) is 44.5 Å². The zero-order valence-electron chi connectivity index (χ0n) is 12.1. The molecule has 0 bridgehead atoms. The van der Waals surface area contributed by atoms with Crippen molar-refractivity contribution < 1.29 is 19.0 Å². The first-order valence-electron chi connectivity index (χ1n) is 6.76. The molecule has 1 atom stereocenters. The van der Waals surface area contributed by atoms with Crippen molar-refractivity contribution in [3.05, 3.63) is 30.1 Å². The van der Waals surface area contributed by atoms with Crippen molar-refractivity contribution in [3.8, 4) is 5.75 Å². The summed E-state index contributed by atoms with van der Waals surface area (Å²) in [6.07, 6.45) is 0.942. The summed E-state index contributed by atoms with van der Waals surface area (Å²) < 4.78 is 18.3. The van der Waals surface area contributed by atoms with Gasteiger partial charge in [0.15, 0.2) is 5.60 Å². The number of carbonyl (C=O) groups is 1. The maximum Gasteiger partial charge on any atom is 0.263 e. The molecule has 0 saturated heterocycles. The maximum absolute atomic E-state index is 12.8. The zero-order chi connectivity index (χ0) is 15.2. The Kier molecular flexibility index (Phi) is 5.95. The molecule has 4 nitrogen and oxygen atoms in total. The molecule has 1 unspecified atom stereocenters. The molecule has 2 N–H and O–H groups in total. The van der Waals surface area contributed by atoms with Crippen LogP contribution in [0.5, 0.6) is 5.75 Å². The summed E-state index contributed by atoms with van der Waals surface area (Å²) in [4.78, 5) is 12.0. The third-order valence-electron chi connectivity index (χ3n) is 2.85. The monoisotopic (exact) mass is 283 g/mol. The Morgan fingerprint density at radius 2 is 2.00 bits per heavy atom. The van der Waals surface area contributed by atoms with E-state index in [1.54, 1.807) is 13.8 Å². The largest absolute Gasteiger partial charge is 0.478 e. The van der Waals surface area contributed by atoms with E-state index in [9.17, 15) is 14.3 Å². The molecular weight excluding hydrogens is 261 g/mol. The number of ether oxygens (including phenoxy) is 1. The lowest BCUT2D eigenvalue weighted by Gasteiger charge is -2.26. The first-order valence-corrected chi connectivity index (χ1v) is 6.76. The van der Waals surface area contributed by atoms with E-state index in [1.807, 2.05) is 6.92 Å². The van der Waals surface area contributed by atoms with Crippen LogP contribution in [0, 0.1) is 5.82 Å². The molecule has 0 fully saturated rings. The van der Waals surface area contributed by atoms with Gasteiger partial charge >= 0.3 is 0 Å². The van der Waals surface area contributed by atoms with Gasteiger partial charge in [-0.2, -0.15) is 0 Å². The van der Waals surface area contributed by atoms with Gasteiger partial charge in [0.1, 0.15) is 11.6 Å². The Bertz CT molecular complexity index is 431. The molecule has 112 valence electrons. The van der Waals surface area contributed by atoms with Gasteiger partial charge in [-0.1, -0.05) is 13.3 Å². The van der Waals surface area contributed by atoms with Gasteiger partial charge < -0.3 is 15.2 Å². The third kappa shape index (κ3) is 5.17. The summed E-state index contributed by atoms with van der Waals surface area (Å²) in [6, 6.07) is 5.48. The van der Waals surface area contributed by atoms with Crippen LogP contribution in [0.15, 0.2) is 24.3 Å². The standard InChI is InChI=1S/C15H22FNO3/c1-4-5-12(18)10-17-14(19)15(2,3)20-13-8-6-11(16)7-9-13/h6-9,12,18H,4-5,10H2,1-3H3,(H,17,19). The number of halogens is 1. The van der Waals surface area contributed by atoms with Crippen molar-refractivity contribution in [2.45, 2.75) is 45.3 Å². The van der Waals surface area contributed by atoms with Crippen LogP contribution in [-0.2, 0) is 4.79 Å². The fourth-order valence-electron chi connectivity index (χ4n) is 1.70. The minimum absolute atomic E-state index is 0.197. The number of hydrogen-bond donors (Lipinski definition) is 2. The molecule has 1 amide bonds. The summed E-state index contributed by atoms with van der Waals surface area (Å²) in [5.74, 6) is -0.264. The average molecular weight is 283 g/mol. The lowest BCUT2D eigenvalue weighted by molar-refractivity contribution is -0.134. The molecule has 0 spiro atoms. The minimum atomic E-state index is -1.09. The summed E-state index contributed by atoms with van der Waals surface area (Å²) >= 11 is 0. The Morgan fingerprint density at radius 3 is 2.55 bits per heavy atom. The SMILES string of the molecule is CCCC(O)CNC(=O)C(C)(C)Oc1ccc(F)cc1.